The van der Waals surface area contributed by atoms with Crippen LogP contribution < -0.4 is 5.32 Å². The van der Waals surface area contributed by atoms with Gasteiger partial charge >= 0.3 is 6.03 Å². The molecular weight excluding hydrogens is 292 g/mol. The van der Waals surface area contributed by atoms with Crippen molar-refractivity contribution in [3.63, 3.8) is 0 Å². The Morgan fingerprint density at radius 1 is 1.13 bits per heavy atom. The third kappa shape index (κ3) is 3.46. The number of urea groups is 1. The molecular formula is C18H22N2O3. The van der Waals surface area contributed by atoms with Gasteiger partial charge in [-0.15, -0.1) is 0 Å². The van der Waals surface area contributed by atoms with Crippen LogP contribution in [0.1, 0.15) is 19.3 Å². The van der Waals surface area contributed by atoms with E-state index < -0.39 is 5.60 Å². The van der Waals surface area contributed by atoms with E-state index in [1.54, 1.807) is 4.90 Å². The smallest absolute Gasteiger partial charge is 0.321 e. The molecule has 1 fully saturated rings. The van der Waals surface area contributed by atoms with Gasteiger partial charge in [0.1, 0.15) is 0 Å². The summed E-state index contributed by atoms with van der Waals surface area (Å²) in [4.78, 5) is 14.2. The van der Waals surface area contributed by atoms with Crippen LogP contribution in [0.15, 0.2) is 42.5 Å². The Labute approximate surface area is 135 Å². The molecule has 23 heavy (non-hydrogen) atoms. The topological polar surface area (TPSA) is 72.8 Å². The van der Waals surface area contributed by atoms with Gasteiger partial charge in [0.25, 0.3) is 0 Å². The molecule has 0 bridgehead atoms. The summed E-state index contributed by atoms with van der Waals surface area (Å²) >= 11 is 0. The molecule has 0 spiro atoms. The molecule has 2 amide bonds. The molecule has 1 atom stereocenters. The highest BCUT2D eigenvalue weighted by atomic mass is 16.3. The highest BCUT2D eigenvalue weighted by Gasteiger charge is 2.30. The molecule has 2 aromatic rings. The van der Waals surface area contributed by atoms with Crippen molar-refractivity contribution in [3.05, 3.63) is 42.5 Å². The van der Waals surface area contributed by atoms with E-state index in [0.29, 0.717) is 32.4 Å². The summed E-state index contributed by atoms with van der Waals surface area (Å²) in [6, 6.07) is 13.6. The van der Waals surface area contributed by atoms with Crippen LogP contribution in [0.5, 0.6) is 0 Å². The highest BCUT2D eigenvalue weighted by Crippen LogP contribution is 2.25. The van der Waals surface area contributed by atoms with Gasteiger partial charge in [-0.2, -0.15) is 0 Å². The fraction of sp³-hybridized carbons (Fsp3) is 0.389. The van der Waals surface area contributed by atoms with Crippen LogP contribution in [-0.4, -0.2) is 46.4 Å². The lowest BCUT2D eigenvalue weighted by molar-refractivity contribution is -0.0247. The van der Waals surface area contributed by atoms with Crippen molar-refractivity contribution in [1.29, 1.82) is 0 Å². The average molecular weight is 314 g/mol. The van der Waals surface area contributed by atoms with E-state index in [1.807, 2.05) is 42.5 Å². The Kier molecular flexibility index (Phi) is 4.50. The van der Waals surface area contributed by atoms with Crippen LogP contribution >= 0.6 is 0 Å². The van der Waals surface area contributed by atoms with Gasteiger partial charge in [-0.05, 0) is 30.7 Å². The minimum Gasteiger partial charge on any atom is -0.393 e. The number of hydrogen-bond acceptors (Lipinski definition) is 3. The third-order valence-electron chi connectivity index (χ3n) is 4.53. The first-order chi connectivity index (χ1) is 11.1. The Hall–Kier alpha value is -2.11. The van der Waals surface area contributed by atoms with Crippen LogP contribution in [0.4, 0.5) is 10.5 Å². The van der Waals surface area contributed by atoms with Gasteiger partial charge < -0.3 is 20.4 Å². The summed E-state index contributed by atoms with van der Waals surface area (Å²) in [7, 11) is 0. The number of aliphatic hydroxyl groups excluding tert-OH is 1. The van der Waals surface area contributed by atoms with Gasteiger partial charge in [-0.3, -0.25) is 0 Å². The molecule has 3 rings (SSSR count). The Morgan fingerprint density at radius 3 is 2.74 bits per heavy atom. The summed E-state index contributed by atoms with van der Waals surface area (Å²) in [5.41, 5.74) is -0.274. The van der Waals surface area contributed by atoms with Crippen LogP contribution in [0.3, 0.4) is 0 Å². The number of carbonyl (C=O) groups is 1. The van der Waals surface area contributed by atoms with E-state index in [9.17, 15) is 15.0 Å². The lowest BCUT2D eigenvalue weighted by Gasteiger charge is -2.24. The molecule has 0 unspecified atom stereocenters. The summed E-state index contributed by atoms with van der Waals surface area (Å²) in [5, 5.41) is 24.5. The molecule has 0 aliphatic carbocycles. The number of amides is 2. The standard InChI is InChI=1S/C18H22N2O3/c21-13-18(23)9-4-11-20(12-10-18)17(22)19-16-8-3-6-14-5-1-2-7-15(14)16/h1-3,5-8,21,23H,4,9-13H2,(H,19,22)/t18-/m1/s1. The van der Waals surface area contributed by atoms with Gasteiger partial charge in [-0.1, -0.05) is 36.4 Å². The molecule has 122 valence electrons. The van der Waals surface area contributed by atoms with Crippen LogP contribution in [0.2, 0.25) is 0 Å². The number of likely N-dealkylation sites (tertiary alicyclic amines) is 1. The monoisotopic (exact) mass is 314 g/mol. The molecule has 0 radical (unpaired) electrons. The van der Waals surface area contributed by atoms with E-state index in [0.717, 1.165) is 16.5 Å². The molecule has 2 aromatic carbocycles. The lowest BCUT2D eigenvalue weighted by Crippen LogP contribution is -2.38. The van der Waals surface area contributed by atoms with Crippen molar-refractivity contribution < 1.29 is 15.0 Å². The second-order valence-electron chi connectivity index (χ2n) is 6.18. The predicted octanol–water partition coefficient (Wildman–Crippen LogP) is 2.58. The fourth-order valence-electron chi connectivity index (χ4n) is 3.07. The van der Waals surface area contributed by atoms with Crippen LogP contribution in [-0.2, 0) is 0 Å². The van der Waals surface area contributed by atoms with E-state index in [4.69, 9.17) is 0 Å². The average Bonchev–Trinajstić information content (AvgIpc) is 2.78. The van der Waals surface area contributed by atoms with Crippen molar-refractivity contribution >= 4 is 22.5 Å². The van der Waals surface area contributed by atoms with E-state index >= 15 is 0 Å². The van der Waals surface area contributed by atoms with Crippen LogP contribution in [0, 0.1) is 0 Å². The second-order valence-corrected chi connectivity index (χ2v) is 6.18. The normalized spacial score (nSPS) is 21.9. The summed E-state index contributed by atoms with van der Waals surface area (Å²) in [6.45, 7) is 0.762. The van der Waals surface area contributed by atoms with Crippen molar-refractivity contribution in [1.82, 2.24) is 4.90 Å². The summed E-state index contributed by atoms with van der Waals surface area (Å²) in [6.07, 6.45) is 1.59. The number of nitrogens with zero attached hydrogens (tertiary/aromatic N) is 1. The van der Waals surface area contributed by atoms with Crippen molar-refractivity contribution in [3.8, 4) is 0 Å². The summed E-state index contributed by atoms with van der Waals surface area (Å²) < 4.78 is 0. The molecule has 5 nitrogen and oxygen atoms in total. The highest BCUT2D eigenvalue weighted by molar-refractivity contribution is 6.01. The minimum absolute atomic E-state index is 0.163. The first-order valence-corrected chi connectivity index (χ1v) is 7.98. The zero-order valence-electron chi connectivity index (χ0n) is 13.0. The number of anilines is 1. The van der Waals surface area contributed by atoms with Gasteiger partial charge in [0.2, 0.25) is 0 Å². The second kappa shape index (κ2) is 6.56. The number of hydrogen-bond donors (Lipinski definition) is 3. The molecule has 1 aliphatic heterocycles. The minimum atomic E-state index is -1.06. The zero-order chi connectivity index (χ0) is 16.3. The quantitative estimate of drug-likeness (QED) is 0.798. The maximum atomic E-state index is 12.5. The number of fused-ring (bicyclic) bond motifs is 1. The van der Waals surface area contributed by atoms with Gasteiger partial charge in [0.05, 0.1) is 17.9 Å². The van der Waals surface area contributed by atoms with Crippen molar-refractivity contribution in [2.75, 3.05) is 25.0 Å². The Bertz CT molecular complexity index is 698. The van der Waals surface area contributed by atoms with Gasteiger partial charge in [0, 0.05) is 18.5 Å². The summed E-state index contributed by atoms with van der Waals surface area (Å²) in [5.74, 6) is 0. The maximum absolute atomic E-state index is 12.5. The molecule has 0 saturated carbocycles. The molecule has 0 aromatic heterocycles. The molecule has 1 heterocycles. The van der Waals surface area contributed by atoms with E-state index in [2.05, 4.69) is 5.32 Å². The number of carbonyl (C=O) groups excluding carboxylic acids is 1. The SMILES string of the molecule is O=C(Nc1cccc2ccccc12)N1CCC[C@](O)(CO)CC1. The Morgan fingerprint density at radius 2 is 1.91 bits per heavy atom. The lowest BCUT2D eigenvalue weighted by atomic mass is 9.96. The van der Waals surface area contributed by atoms with Crippen molar-refractivity contribution in [2.45, 2.75) is 24.9 Å². The van der Waals surface area contributed by atoms with Gasteiger partial charge in [0.15, 0.2) is 0 Å². The largest absolute Gasteiger partial charge is 0.393 e. The van der Waals surface area contributed by atoms with Crippen LogP contribution in [0.25, 0.3) is 10.8 Å². The molecule has 1 saturated heterocycles. The first-order valence-electron chi connectivity index (χ1n) is 7.98. The molecule has 1 aliphatic rings. The number of aliphatic hydroxyl groups is 2. The van der Waals surface area contributed by atoms with E-state index in [-0.39, 0.29) is 12.6 Å². The Balaban J connectivity index is 1.74. The number of benzene rings is 2. The zero-order valence-corrected chi connectivity index (χ0v) is 13.0. The molecule has 3 N–H and O–H groups in total. The predicted molar refractivity (Wildman–Crippen MR) is 90.4 cm³/mol. The fourth-order valence-corrected chi connectivity index (χ4v) is 3.07. The molecule has 5 heteroatoms. The third-order valence-corrected chi connectivity index (χ3v) is 4.53. The van der Waals surface area contributed by atoms with E-state index in [1.165, 1.54) is 0 Å². The number of nitrogens with one attached hydrogen (secondary N) is 1. The van der Waals surface area contributed by atoms with Gasteiger partial charge in [-0.25, -0.2) is 4.79 Å². The first kappa shape index (κ1) is 15.8. The number of rotatable bonds is 2. The van der Waals surface area contributed by atoms with Crippen molar-refractivity contribution in [2.24, 2.45) is 0 Å². The maximum Gasteiger partial charge on any atom is 0.321 e.